The number of nitrogens with zero attached hydrogens (tertiary/aromatic N) is 1. The molecule has 0 unspecified atom stereocenters. The van der Waals surface area contributed by atoms with Crippen molar-refractivity contribution in [3.8, 4) is 0 Å². The molecule has 1 aliphatic carbocycles. The first kappa shape index (κ1) is 18.5. The molecule has 0 bridgehead atoms. The molecule has 0 spiro atoms. The molecular formula is C20H19ClN2O2S2. The number of sulfone groups is 1. The van der Waals surface area contributed by atoms with Crippen LogP contribution in [-0.4, -0.2) is 13.4 Å². The van der Waals surface area contributed by atoms with Crippen molar-refractivity contribution >= 4 is 43.6 Å². The van der Waals surface area contributed by atoms with Crippen molar-refractivity contribution in [2.45, 2.75) is 42.5 Å². The average Bonchev–Trinajstić information content (AvgIpc) is 3.03. The Bertz CT molecular complexity index is 1090. The molecule has 3 aromatic rings. The molecule has 0 saturated carbocycles. The topological polar surface area (TPSA) is 59.1 Å². The van der Waals surface area contributed by atoms with Gasteiger partial charge >= 0.3 is 0 Å². The van der Waals surface area contributed by atoms with E-state index in [1.54, 1.807) is 24.3 Å². The first-order valence-electron chi connectivity index (χ1n) is 8.81. The highest BCUT2D eigenvalue weighted by Gasteiger charge is 2.26. The van der Waals surface area contributed by atoms with Crippen LogP contribution in [0.2, 0.25) is 4.34 Å². The summed E-state index contributed by atoms with van der Waals surface area (Å²) in [6.07, 6.45) is 4.47. The molecule has 27 heavy (non-hydrogen) atoms. The van der Waals surface area contributed by atoms with Gasteiger partial charge in [-0.25, -0.2) is 13.4 Å². The molecule has 0 fully saturated rings. The maximum absolute atomic E-state index is 12.9. The molecule has 1 aromatic heterocycles. The lowest BCUT2D eigenvalue weighted by Gasteiger charge is -2.19. The second kappa shape index (κ2) is 7.26. The van der Waals surface area contributed by atoms with Gasteiger partial charge in [-0.15, -0.1) is 0 Å². The number of hydrogen-bond donors (Lipinski definition) is 1. The fourth-order valence-corrected chi connectivity index (χ4v) is 6.17. The second-order valence-corrected chi connectivity index (χ2v) is 10.2. The number of aromatic nitrogens is 1. The Kier molecular flexibility index (Phi) is 4.97. The number of benzene rings is 2. The van der Waals surface area contributed by atoms with Gasteiger partial charge in [-0.1, -0.05) is 52.8 Å². The van der Waals surface area contributed by atoms with Gasteiger partial charge < -0.3 is 5.32 Å². The molecule has 1 aliphatic rings. The van der Waals surface area contributed by atoms with Gasteiger partial charge in [0.15, 0.2) is 10.2 Å². The number of halogens is 1. The summed E-state index contributed by atoms with van der Waals surface area (Å²) in [6, 6.07) is 12.9. The number of thiazole rings is 1. The Labute approximate surface area is 168 Å². The van der Waals surface area contributed by atoms with Crippen LogP contribution >= 0.6 is 22.9 Å². The highest BCUT2D eigenvalue weighted by molar-refractivity contribution is 7.91. The highest BCUT2D eigenvalue weighted by Crippen LogP contribution is 2.37. The van der Waals surface area contributed by atoms with Crippen molar-refractivity contribution in [2.75, 3.05) is 5.32 Å². The number of aryl methyl sites for hydroxylation is 2. The van der Waals surface area contributed by atoms with Gasteiger partial charge in [0.05, 0.1) is 4.90 Å². The van der Waals surface area contributed by atoms with E-state index in [2.05, 4.69) is 16.4 Å². The van der Waals surface area contributed by atoms with Crippen molar-refractivity contribution < 1.29 is 8.42 Å². The van der Waals surface area contributed by atoms with Crippen LogP contribution in [0.25, 0.3) is 0 Å². The predicted octanol–water partition coefficient (Wildman–Crippen LogP) is 5.56. The van der Waals surface area contributed by atoms with E-state index >= 15 is 0 Å². The quantitative estimate of drug-likeness (QED) is 0.602. The number of rotatable bonds is 4. The van der Waals surface area contributed by atoms with Gasteiger partial charge in [-0.05, 0) is 61.9 Å². The van der Waals surface area contributed by atoms with E-state index < -0.39 is 9.84 Å². The molecular weight excluding hydrogens is 400 g/mol. The Morgan fingerprint density at radius 1 is 1.07 bits per heavy atom. The SMILES string of the molecule is Cc1ccc(S(=O)(=O)c2nc(Nc3cccc4c3CCCC4)sc2Cl)cc1. The van der Waals surface area contributed by atoms with Gasteiger partial charge in [0.25, 0.3) is 0 Å². The zero-order chi connectivity index (χ0) is 19.0. The molecule has 7 heteroatoms. The van der Waals surface area contributed by atoms with Crippen LogP contribution in [0.3, 0.4) is 0 Å². The summed E-state index contributed by atoms with van der Waals surface area (Å²) >= 11 is 7.41. The molecule has 1 N–H and O–H groups in total. The minimum Gasteiger partial charge on any atom is -0.331 e. The number of anilines is 2. The summed E-state index contributed by atoms with van der Waals surface area (Å²) in [7, 11) is -3.75. The van der Waals surface area contributed by atoms with Crippen molar-refractivity contribution in [3.63, 3.8) is 0 Å². The van der Waals surface area contributed by atoms with E-state index in [9.17, 15) is 8.42 Å². The fourth-order valence-electron chi connectivity index (χ4n) is 3.35. The van der Waals surface area contributed by atoms with Gasteiger partial charge in [-0.3, -0.25) is 0 Å². The summed E-state index contributed by atoms with van der Waals surface area (Å²) < 4.78 is 26.0. The van der Waals surface area contributed by atoms with Crippen LogP contribution in [0.15, 0.2) is 52.4 Å². The van der Waals surface area contributed by atoms with Crippen LogP contribution in [0.4, 0.5) is 10.8 Å². The zero-order valence-electron chi connectivity index (χ0n) is 14.8. The normalized spacial score (nSPS) is 14.0. The molecule has 0 radical (unpaired) electrons. The maximum Gasteiger partial charge on any atom is 0.226 e. The van der Waals surface area contributed by atoms with E-state index in [-0.39, 0.29) is 14.3 Å². The van der Waals surface area contributed by atoms with Gasteiger partial charge in [0.1, 0.15) is 4.34 Å². The van der Waals surface area contributed by atoms with Crippen LogP contribution < -0.4 is 5.32 Å². The predicted molar refractivity (Wildman–Crippen MR) is 110 cm³/mol. The minimum atomic E-state index is -3.75. The maximum atomic E-state index is 12.9. The van der Waals surface area contributed by atoms with Crippen molar-refractivity contribution in [1.82, 2.24) is 4.98 Å². The molecule has 2 aromatic carbocycles. The first-order valence-corrected chi connectivity index (χ1v) is 11.5. The molecule has 1 heterocycles. The third-order valence-corrected chi connectivity index (χ3v) is 7.89. The fraction of sp³-hybridized carbons (Fsp3) is 0.250. The van der Waals surface area contributed by atoms with Crippen molar-refractivity contribution in [2.24, 2.45) is 0 Å². The molecule has 4 rings (SSSR count). The first-order chi connectivity index (χ1) is 12.9. The average molecular weight is 419 g/mol. The molecule has 0 amide bonds. The third kappa shape index (κ3) is 3.61. The monoisotopic (exact) mass is 418 g/mol. The smallest absolute Gasteiger partial charge is 0.226 e. The van der Waals surface area contributed by atoms with Gasteiger partial charge in [0.2, 0.25) is 9.84 Å². The van der Waals surface area contributed by atoms with E-state index in [0.29, 0.717) is 5.13 Å². The lowest BCUT2D eigenvalue weighted by atomic mass is 9.90. The zero-order valence-corrected chi connectivity index (χ0v) is 17.2. The van der Waals surface area contributed by atoms with E-state index in [1.807, 2.05) is 19.1 Å². The van der Waals surface area contributed by atoms with Gasteiger partial charge in [0, 0.05) is 5.69 Å². The van der Waals surface area contributed by atoms with Crippen molar-refractivity contribution in [3.05, 3.63) is 63.5 Å². The molecule has 0 aliphatic heterocycles. The lowest BCUT2D eigenvalue weighted by molar-refractivity contribution is 0.593. The molecule has 0 atom stereocenters. The standard InChI is InChI=1S/C20H19ClN2O2S2/c1-13-9-11-15(12-10-13)27(24,25)19-18(21)26-20(23-19)22-17-8-4-6-14-5-2-3-7-16(14)17/h4,6,8-12H,2-3,5,7H2,1H3,(H,22,23). The number of nitrogens with one attached hydrogen (secondary N) is 1. The molecule has 140 valence electrons. The minimum absolute atomic E-state index is 0.0923. The highest BCUT2D eigenvalue weighted by atomic mass is 35.5. The molecule has 0 saturated heterocycles. The summed E-state index contributed by atoms with van der Waals surface area (Å²) in [5.74, 6) is 0. The second-order valence-electron chi connectivity index (χ2n) is 6.69. The largest absolute Gasteiger partial charge is 0.331 e. The summed E-state index contributed by atoms with van der Waals surface area (Å²) in [4.78, 5) is 4.51. The molecule has 4 nitrogen and oxygen atoms in total. The van der Waals surface area contributed by atoms with Crippen LogP contribution in [-0.2, 0) is 22.7 Å². The van der Waals surface area contributed by atoms with Crippen LogP contribution in [0.5, 0.6) is 0 Å². The van der Waals surface area contributed by atoms with E-state index in [1.165, 1.54) is 17.5 Å². The van der Waals surface area contributed by atoms with E-state index in [0.717, 1.165) is 41.9 Å². The third-order valence-electron chi connectivity index (χ3n) is 4.78. The Morgan fingerprint density at radius 3 is 2.59 bits per heavy atom. The Morgan fingerprint density at radius 2 is 1.81 bits per heavy atom. The van der Waals surface area contributed by atoms with Crippen molar-refractivity contribution in [1.29, 1.82) is 0 Å². The lowest BCUT2D eigenvalue weighted by Crippen LogP contribution is -2.06. The van der Waals surface area contributed by atoms with Crippen LogP contribution in [0.1, 0.15) is 29.5 Å². The Balaban J connectivity index is 1.67. The number of hydrogen-bond acceptors (Lipinski definition) is 5. The van der Waals surface area contributed by atoms with E-state index in [4.69, 9.17) is 11.6 Å². The summed E-state index contributed by atoms with van der Waals surface area (Å²) in [5, 5.41) is 3.68. The summed E-state index contributed by atoms with van der Waals surface area (Å²) in [6.45, 7) is 1.91. The van der Waals surface area contributed by atoms with Crippen LogP contribution in [0, 0.1) is 6.92 Å². The Hall–Kier alpha value is -1.89. The summed E-state index contributed by atoms with van der Waals surface area (Å²) in [5.41, 5.74) is 4.62. The number of fused-ring (bicyclic) bond motifs is 1. The van der Waals surface area contributed by atoms with Gasteiger partial charge in [-0.2, -0.15) is 0 Å².